The number of aliphatic hydroxyl groups excluding tert-OH is 1. The third-order valence-corrected chi connectivity index (χ3v) is 4.39. The molecule has 0 heterocycles. The number of carboxylic acids is 1. The van der Waals surface area contributed by atoms with E-state index in [1.165, 1.54) is 19.3 Å². The summed E-state index contributed by atoms with van der Waals surface area (Å²) in [6.07, 6.45) is 19.8. The number of aliphatic carboxylic acids is 1. The van der Waals surface area contributed by atoms with Crippen LogP contribution >= 0.6 is 0 Å². The Morgan fingerprint density at radius 1 is 1.13 bits per heavy atom. The summed E-state index contributed by atoms with van der Waals surface area (Å²) in [5.74, 6) is -0.297. The molecule has 3 nitrogen and oxygen atoms in total. The summed E-state index contributed by atoms with van der Waals surface area (Å²) in [7, 11) is 0. The number of rotatable bonds is 11. The molecular formula is C20H32O3. The minimum absolute atomic E-state index is 0.237. The highest BCUT2D eigenvalue weighted by Gasteiger charge is 2.27. The van der Waals surface area contributed by atoms with Gasteiger partial charge in [-0.2, -0.15) is 0 Å². The number of allylic oxidation sites excluding steroid dienone is 5. The number of hydrogen-bond acceptors (Lipinski definition) is 2. The van der Waals surface area contributed by atoms with Crippen molar-refractivity contribution in [3.8, 4) is 0 Å². The normalized spacial score (nSPS) is 23.5. The highest BCUT2D eigenvalue weighted by molar-refractivity contribution is 5.66. The zero-order valence-electron chi connectivity index (χ0n) is 14.4. The molecule has 1 rings (SSSR count). The van der Waals surface area contributed by atoms with Gasteiger partial charge in [-0.05, 0) is 56.4 Å². The fraction of sp³-hybridized carbons (Fsp3) is 0.650. The van der Waals surface area contributed by atoms with Crippen molar-refractivity contribution >= 4 is 5.97 Å². The molecule has 0 aliphatic heterocycles. The van der Waals surface area contributed by atoms with Gasteiger partial charge in [-0.3, -0.25) is 4.79 Å². The van der Waals surface area contributed by atoms with E-state index in [-0.39, 0.29) is 12.5 Å². The molecule has 0 spiro atoms. The van der Waals surface area contributed by atoms with Crippen molar-refractivity contribution in [3.05, 3.63) is 36.0 Å². The Kier molecular flexibility index (Phi) is 10.4. The van der Waals surface area contributed by atoms with Crippen LogP contribution in [0.1, 0.15) is 71.1 Å². The van der Waals surface area contributed by atoms with Crippen LogP contribution in [0.15, 0.2) is 36.0 Å². The van der Waals surface area contributed by atoms with Crippen molar-refractivity contribution in [3.63, 3.8) is 0 Å². The van der Waals surface area contributed by atoms with Gasteiger partial charge in [0, 0.05) is 6.42 Å². The average Bonchev–Trinajstić information content (AvgIpc) is 2.86. The summed E-state index contributed by atoms with van der Waals surface area (Å²) in [6, 6.07) is 0. The van der Waals surface area contributed by atoms with Crippen LogP contribution in [0.3, 0.4) is 0 Å². The van der Waals surface area contributed by atoms with Gasteiger partial charge in [-0.1, -0.05) is 50.1 Å². The molecule has 0 bridgehead atoms. The zero-order chi connectivity index (χ0) is 16.9. The number of carbonyl (C=O) groups is 1. The molecule has 1 fully saturated rings. The quantitative estimate of drug-likeness (QED) is 0.415. The van der Waals surface area contributed by atoms with E-state index in [4.69, 9.17) is 5.11 Å². The SMILES string of the molecule is CCCCC/C=C\C=C1\C(O)CC[C@@H]1C/C=C\CCCC(=O)O. The third-order valence-electron chi connectivity index (χ3n) is 4.39. The first-order valence-electron chi connectivity index (χ1n) is 9.06. The van der Waals surface area contributed by atoms with Crippen LogP contribution in [-0.2, 0) is 4.79 Å². The number of aliphatic hydroxyl groups is 1. The second-order valence-corrected chi connectivity index (χ2v) is 6.37. The first-order chi connectivity index (χ1) is 11.1. The second kappa shape index (κ2) is 12.1. The molecule has 0 aromatic carbocycles. The molecule has 3 heteroatoms. The van der Waals surface area contributed by atoms with Gasteiger partial charge in [0.2, 0.25) is 0 Å². The lowest BCUT2D eigenvalue weighted by Gasteiger charge is -2.11. The molecule has 0 saturated heterocycles. The predicted molar refractivity (Wildman–Crippen MR) is 95.3 cm³/mol. The lowest BCUT2D eigenvalue weighted by atomic mass is 9.97. The molecule has 130 valence electrons. The average molecular weight is 320 g/mol. The predicted octanol–water partition coefficient (Wildman–Crippen LogP) is 5.02. The van der Waals surface area contributed by atoms with Crippen molar-refractivity contribution in [1.29, 1.82) is 0 Å². The molecule has 2 N–H and O–H groups in total. The first-order valence-corrected chi connectivity index (χ1v) is 9.06. The molecule has 1 saturated carbocycles. The molecule has 2 atom stereocenters. The highest BCUT2D eigenvalue weighted by atomic mass is 16.4. The standard InChI is InChI=1S/C20H32O3/c1-2-3-4-5-6-10-13-18-17(15-16-19(18)21)12-9-7-8-11-14-20(22)23/h6-7,9-10,13,17,19,21H,2-5,8,11-12,14-16H2,1H3,(H,22,23)/b9-7-,10-6-,18-13+/t17-,19?/m0/s1. The molecule has 1 aliphatic rings. The van der Waals surface area contributed by atoms with Gasteiger partial charge in [-0.15, -0.1) is 0 Å². The number of unbranched alkanes of at least 4 members (excludes halogenated alkanes) is 4. The monoisotopic (exact) mass is 320 g/mol. The van der Waals surface area contributed by atoms with Gasteiger partial charge in [0.05, 0.1) is 6.10 Å². The summed E-state index contributed by atoms with van der Waals surface area (Å²) in [6.45, 7) is 2.21. The van der Waals surface area contributed by atoms with E-state index in [2.05, 4.69) is 37.3 Å². The van der Waals surface area contributed by atoms with E-state index < -0.39 is 5.97 Å². The summed E-state index contributed by atoms with van der Waals surface area (Å²) >= 11 is 0. The Morgan fingerprint density at radius 3 is 2.65 bits per heavy atom. The van der Waals surface area contributed by atoms with Crippen LogP contribution in [0.4, 0.5) is 0 Å². The topological polar surface area (TPSA) is 57.5 Å². The van der Waals surface area contributed by atoms with Gasteiger partial charge in [0.15, 0.2) is 0 Å². The maximum Gasteiger partial charge on any atom is 0.303 e. The van der Waals surface area contributed by atoms with Crippen molar-refractivity contribution in [1.82, 2.24) is 0 Å². The van der Waals surface area contributed by atoms with E-state index in [0.717, 1.165) is 37.7 Å². The largest absolute Gasteiger partial charge is 0.481 e. The van der Waals surface area contributed by atoms with Gasteiger partial charge in [0.25, 0.3) is 0 Å². The van der Waals surface area contributed by atoms with Gasteiger partial charge < -0.3 is 10.2 Å². The zero-order valence-corrected chi connectivity index (χ0v) is 14.4. The Hall–Kier alpha value is -1.35. The molecule has 0 aromatic rings. The smallest absolute Gasteiger partial charge is 0.303 e. The summed E-state index contributed by atoms with van der Waals surface area (Å²) < 4.78 is 0. The third kappa shape index (κ3) is 8.75. The summed E-state index contributed by atoms with van der Waals surface area (Å²) in [5.41, 5.74) is 1.16. The summed E-state index contributed by atoms with van der Waals surface area (Å²) in [4.78, 5) is 10.4. The Labute approximate surface area is 140 Å². The van der Waals surface area contributed by atoms with E-state index >= 15 is 0 Å². The lowest BCUT2D eigenvalue weighted by Crippen LogP contribution is -2.06. The number of carboxylic acid groups (broad SMARTS) is 1. The maximum atomic E-state index is 10.4. The van der Waals surface area contributed by atoms with Crippen molar-refractivity contribution in [2.75, 3.05) is 0 Å². The van der Waals surface area contributed by atoms with Gasteiger partial charge >= 0.3 is 5.97 Å². The minimum atomic E-state index is -0.728. The number of hydrogen-bond donors (Lipinski definition) is 2. The van der Waals surface area contributed by atoms with E-state index in [9.17, 15) is 9.90 Å². The van der Waals surface area contributed by atoms with Crippen LogP contribution in [0.25, 0.3) is 0 Å². The van der Waals surface area contributed by atoms with Crippen LogP contribution < -0.4 is 0 Å². The van der Waals surface area contributed by atoms with E-state index in [1.54, 1.807) is 0 Å². The Morgan fingerprint density at radius 2 is 1.91 bits per heavy atom. The molecule has 0 amide bonds. The van der Waals surface area contributed by atoms with Crippen molar-refractivity contribution in [2.24, 2.45) is 5.92 Å². The molecule has 1 aliphatic carbocycles. The second-order valence-electron chi connectivity index (χ2n) is 6.37. The highest BCUT2D eigenvalue weighted by Crippen LogP contribution is 2.34. The molecule has 0 aromatic heterocycles. The van der Waals surface area contributed by atoms with Crippen LogP contribution in [0.2, 0.25) is 0 Å². The Bertz CT molecular complexity index is 421. The van der Waals surface area contributed by atoms with E-state index in [0.29, 0.717) is 12.3 Å². The molecule has 0 radical (unpaired) electrons. The van der Waals surface area contributed by atoms with Crippen molar-refractivity contribution < 1.29 is 15.0 Å². The minimum Gasteiger partial charge on any atom is -0.481 e. The summed E-state index contributed by atoms with van der Waals surface area (Å²) in [5, 5.41) is 18.7. The van der Waals surface area contributed by atoms with Crippen LogP contribution in [0.5, 0.6) is 0 Å². The molecule has 1 unspecified atom stereocenters. The maximum absolute atomic E-state index is 10.4. The van der Waals surface area contributed by atoms with Crippen LogP contribution in [-0.4, -0.2) is 22.3 Å². The molecular weight excluding hydrogens is 288 g/mol. The van der Waals surface area contributed by atoms with Crippen LogP contribution in [0, 0.1) is 5.92 Å². The lowest BCUT2D eigenvalue weighted by molar-refractivity contribution is -0.137. The Balaban J connectivity index is 2.35. The fourth-order valence-corrected chi connectivity index (χ4v) is 3.00. The fourth-order valence-electron chi connectivity index (χ4n) is 3.00. The van der Waals surface area contributed by atoms with Gasteiger partial charge in [-0.25, -0.2) is 0 Å². The van der Waals surface area contributed by atoms with E-state index in [1.807, 2.05) is 0 Å². The molecule has 23 heavy (non-hydrogen) atoms. The van der Waals surface area contributed by atoms with Gasteiger partial charge in [0.1, 0.15) is 0 Å². The van der Waals surface area contributed by atoms with Crippen molar-refractivity contribution in [2.45, 2.75) is 77.2 Å². The first kappa shape index (κ1) is 19.7.